The molecule has 1 aliphatic heterocycles. The summed E-state index contributed by atoms with van der Waals surface area (Å²) in [6.07, 6.45) is 1.98. The molecular formula is C15H23N3O2. The van der Waals surface area contributed by atoms with Crippen LogP contribution in [0.2, 0.25) is 0 Å². The highest BCUT2D eigenvalue weighted by molar-refractivity contribution is 5.99. The molecule has 1 amide bonds. The maximum Gasteiger partial charge on any atom is 0.257 e. The van der Waals surface area contributed by atoms with Crippen molar-refractivity contribution in [3.05, 3.63) is 23.5 Å². The summed E-state index contributed by atoms with van der Waals surface area (Å²) in [5.41, 5.74) is 2.34. The summed E-state index contributed by atoms with van der Waals surface area (Å²) in [6, 6.07) is 1.90. The first-order chi connectivity index (χ1) is 9.52. The van der Waals surface area contributed by atoms with Crippen molar-refractivity contribution in [1.29, 1.82) is 0 Å². The summed E-state index contributed by atoms with van der Waals surface area (Å²) in [6.45, 7) is 7.85. The van der Waals surface area contributed by atoms with Crippen LogP contribution < -0.4 is 5.32 Å². The van der Waals surface area contributed by atoms with Crippen LogP contribution in [0.3, 0.4) is 0 Å². The Bertz CT molecular complexity index is 490. The van der Waals surface area contributed by atoms with Gasteiger partial charge in [-0.15, -0.1) is 0 Å². The smallest absolute Gasteiger partial charge is 0.257 e. The van der Waals surface area contributed by atoms with Gasteiger partial charge in [-0.05, 0) is 32.3 Å². The molecule has 1 saturated heterocycles. The zero-order valence-corrected chi connectivity index (χ0v) is 12.4. The molecule has 20 heavy (non-hydrogen) atoms. The van der Waals surface area contributed by atoms with Crippen molar-refractivity contribution in [3.63, 3.8) is 0 Å². The van der Waals surface area contributed by atoms with Gasteiger partial charge in [0, 0.05) is 31.5 Å². The number of rotatable bonds is 3. The number of aliphatic hydroxyl groups excluding tert-OH is 1. The number of aryl methyl sites for hydroxylation is 1. The number of carbonyl (C=O) groups is 1. The second-order valence-electron chi connectivity index (χ2n) is 5.49. The predicted octanol–water partition coefficient (Wildman–Crippen LogP) is 1.66. The second-order valence-corrected chi connectivity index (χ2v) is 5.49. The zero-order chi connectivity index (χ0) is 14.7. The monoisotopic (exact) mass is 277 g/mol. The minimum absolute atomic E-state index is 0.00722. The molecule has 0 saturated carbocycles. The Kier molecular flexibility index (Phi) is 4.60. The van der Waals surface area contributed by atoms with Gasteiger partial charge in [0.1, 0.15) is 0 Å². The number of carbonyl (C=O) groups excluding carboxylic acids is 1. The second kappa shape index (κ2) is 6.22. The molecule has 5 heteroatoms. The van der Waals surface area contributed by atoms with Crippen LogP contribution in [-0.4, -0.2) is 46.6 Å². The molecule has 0 spiro atoms. The number of hydrogen-bond donors (Lipinski definition) is 2. The van der Waals surface area contributed by atoms with Crippen molar-refractivity contribution in [2.45, 2.75) is 33.3 Å². The van der Waals surface area contributed by atoms with Gasteiger partial charge in [-0.2, -0.15) is 0 Å². The molecule has 0 aliphatic carbocycles. The fraction of sp³-hybridized carbons (Fsp3) is 0.600. The highest BCUT2D eigenvalue weighted by atomic mass is 16.3. The molecule has 2 N–H and O–H groups in total. The zero-order valence-electron chi connectivity index (χ0n) is 12.4. The van der Waals surface area contributed by atoms with E-state index in [1.54, 1.807) is 6.20 Å². The Hall–Kier alpha value is -1.62. The minimum atomic E-state index is -0.302. The minimum Gasteiger partial charge on any atom is -0.393 e. The van der Waals surface area contributed by atoms with Crippen LogP contribution in [0, 0.1) is 12.8 Å². The fourth-order valence-electron chi connectivity index (χ4n) is 2.55. The predicted molar refractivity (Wildman–Crippen MR) is 78.8 cm³/mol. The van der Waals surface area contributed by atoms with Crippen molar-refractivity contribution in [2.24, 2.45) is 5.92 Å². The van der Waals surface area contributed by atoms with E-state index in [4.69, 9.17) is 0 Å². The molecular weight excluding hydrogens is 254 g/mol. The molecule has 2 atom stereocenters. The number of nitrogens with zero attached hydrogens (tertiary/aromatic N) is 2. The summed E-state index contributed by atoms with van der Waals surface area (Å²) < 4.78 is 0. The number of amides is 1. The molecule has 0 bridgehead atoms. The highest BCUT2D eigenvalue weighted by Crippen LogP contribution is 2.22. The van der Waals surface area contributed by atoms with Crippen LogP contribution in [0.15, 0.2) is 12.3 Å². The summed E-state index contributed by atoms with van der Waals surface area (Å²) in [4.78, 5) is 18.7. The van der Waals surface area contributed by atoms with E-state index in [1.807, 2.05) is 31.7 Å². The topological polar surface area (TPSA) is 65.5 Å². The molecule has 0 radical (unpaired) electrons. The van der Waals surface area contributed by atoms with Crippen LogP contribution in [-0.2, 0) is 0 Å². The lowest BCUT2D eigenvalue weighted by Crippen LogP contribution is -2.45. The van der Waals surface area contributed by atoms with Crippen LogP contribution in [0.25, 0.3) is 0 Å². The first kappa shape index (κ1) is 14.8. The van der Waals surface area contributed by atoms with Gasteiger partial charge in [0.2, 0.25) is 0 Å². The lowest BCUT2D eigenvalue weighted by Gasteiger charge is -2.34. The number of nitrogens with one attached hydrogen (secondary N) is 1. The SMILES string of the molecule is CCNc1cc(C)ncc1C(=O)N1CCC(O)C(C)C1. The lowest BCUT2D eigenvalue weighted by atomic mass is 9.96. The van der Waals surface area contributed by atoms with Gasteiger partial charge in [0.25, 0.3) is 5.91 Å². The van der Waals surface area contributed by atoms with Gasteiger partial charge < -0.3 is 15.3 Å². The third-order valence-electron chi connectivity index (χ3n) is 3.79. The van der Waals surface area contributed by atoms with E-state index >= 15 is 0 Å². The van der Waals surface area contributed by atoms with Crippen molar-refractivity contribution in [3.8, 4) is 0 Å². The number of likely N-dealkylation sites (tertiary alicyclic amines) is 1. The Balaban J connectivity index is 2.20. The van der Waals surface area contributed by atoms with Gasteiger partial charge in [-0.1, -0.05) is 6.92 Å². The summed E-state index contributed by atoms with van der Waals surface area (Å²) in [5, 5.41) is 13.0. The molecule has 2 heterocycles. The molecule has 2 unspecified atom stereocenters. The van der Waals surface area contributed by atoms with Crippen molar-refractivity contribution < 1.29 is 9.90 Å². The van der Waals surface area contributed by atoms with E-state index in [0.29, 0.717) is 25.1 Å². The number of anilines is 1. The van der Waals surface area contributed by atoms with Crippen LogP contribution in [0.4, 0.5) is 5.69 Å². The third-order valence-corrected chi connectivity index (χ3v) is 3.79. The quantitative estimate of drug-likeness (QED) is 0.882. The largest absolute Gasteiger partial charge is 0.393 e. The average Bonchev–Trinajstić information content (AvgIpc) is 2.42. The lowest BCUT2D eigenvalue weighted by molar-refractivity contribution is 0.0298. The molecule has 1 aromatic rings. The Morgan fingerprint density at radius 3 is 3.00 bits per heavy atom. The van der Waals surface area contributed by atoms with Gasteiger partial charge in [0.05, 0.1) is 17.4 Å². The number of hydrogen-bond acceptors (Lipinski definition) is 4. The first-order valence-corrected chi connectivity index (χ1v) is 7.20. The van der Waals surface area contributed by atoms with Gasteiger partial charge in [0.15, 0.2) is 0 Å². The van der Waals surface area contributed by atoms with E-state index in [0.717, 1.165) is 17.9 Å². The molecule has 1 fully saturated rings. The molecule has 1 aliphatic rings. The van der Waals surface area contributed by atoms with E-state index < -0.39 is 0 Å². The third kappa shape index (κ3) is 3.10. The molecule has 2 rings (SSSR count). The van der Waals surface area contributed by atoms with E-state index in [2.05, 4.69) is 10.3 Å². The molecule has 0 aromatic carbocycles. The maximum absolute atomic E-state index is 12.6. The van der Waals surface area contributed by atoms with E-state index in [-0.39, 0.29) is 17.9 Å². The Morgan fingerprint density at radius 2 is 2.35 bits per heavy atom. The standard InChI is InChI=1S/C15H23N3O2/c1-4-16-13-7-11(3)17-8-12(13)15(20)18-6-5-14(19)10(2)9-18/h7-8,10,14,19H,4-6,9H2,1-3H3,(H,16,17). The van der Waals surface area contributed by atoms with Gasteiger partial charge in [-0.25, -0.2) is 0 Å². The van der Waals surface area contributed by atoms with Crippen molar-refractivity contribution in [1.82, 2.24) is 9.88 Å². The highest BCUT2D eigenvalue weighted by Gasteiger charge is 2.28. The summed E-state index contributed by atoms with van der Waals surface area (Å²) >= 11 is 0. The normalized spacial score (nSPS) is 22.7. The first-order valence-electron chi connectivity index (χ1n) is 7.20. The number of piperidine rings is 1. The molecule has 1 aromatic heterocycles. The number of aromatic nitrogens is 1. The van der Waals surface area contributed by atoms with Crippen molar-refractivity contribution in [2.75, 3.05) is 25.0 Å². The number of aliphatic hydroxyl groups is 1. The summed E-state index contributed by atoms with van der Waals surface area (Å²) in [5.74, 6) is 0.112. The van der Waals surface area contributed by atoms with E-state index in [1.165, 1.54) is 0 Å². The van der Waals surface area contributed by atoms with Gasteiger partial charge in [-0.3, -0.25) is 9.78 Å². The fourth-order valence-corrected chi connectivity index (χ4v) is 2.55. The molecule has 5 nitrogen and oxygen atoms in total. The summed E-state index contributed by atoms with van der Waals surface area (Å²) in [7, 11) is 0. The number of pyridine rings is 1. The van der Waals surface area contributed by atoms with Gasteiger partial charge >= 0.3 is 0 Å². The Morgan fingerprint density at radius 1 is 1.60 bits per heavy atom. The van der Waals surface area contributed by atoms with Crippen LogP contribution >= 0.6 is 0 Å². The van der Waals surface area contributed by atoms with Crippen LogP contribution in [0.5, 0.6) is 0 Å². The average molecular weight is 277 g/mol. The molecule has 110 valence electrons. The van der Waals surface area contributed by atoms with E-state index in [9.17, 15) is 9.90 Å². The van der Waals surface area contributed by atoms with Crippen LogP contribution in [0.1, 0.15) is 36.3 Å². The maximum atomic E-state index is 12.6. The Labute approximate surface area is 120 Å². The van der Waals surface area contributed by atoms with Crippen molar-refractivity contribution >= 4 is 11.6 Å².